The van der Waals surface area contributed by atoms with Crippen LogP contribution in [-0.2, 0) is 0 Å². The number of hydrogen-bond donors (Lipinski definition) is 2. The summed E-state index contributed by atoms with van der Waals surface area (Å²) < 4.78 is 1.05. The van der Waals surface area contributed by atoms with Crippen LogP contribution < -0.4 is 5.32 Å². The summed E-state index contributed by atoms with van der Waals surface area (Å²) in [5.41, 5.74) is 1.92. The van der Waals surface area contributed by atoms with Crippen molar-refractivity contribution < 1.29 is 5.11 Å². The zero-order chi connectivity index (χ0) is 14.5. The molecule has 20 heavy (non-hydrogen) atoms. The Morgan fingerprint density at radius 2 is 1.95 bits per heavy atom. The lowest BCUT2D eigenvalue weighted by molar-refractivity contribution is 0.171. The summed E-state index contributed by atoms with van der Waals surface area (Å²) in [4.78, 5) is 0. The fourth-order valence-corrected chi connectivity index (χ4v) is 2.72. The van der Waals surface area contributed by atoms with Crippen molar-refractivity contribution >= 4 is 27.5 Å². The van der Waals surface area contributed by atoms with E-state index in [4.69, 9.17) is 11.6 Å². The van der Waals surface area contributed by atoms with E-state index in [0.29, 0.717) is 11.6 Å². The summed E-state index contributed by atoms with van der Waals surface area (Å²) >= 11 is 9.54. The highest BCUT2D eigenvalue weighted by molar-refractivity contribution is 9.10. The van der Waals surface area contributed by atoms with Gasteiger partial charge in [-0.2, -0.15) is 0 Å². The first-order valence-electron chi connectivity index (χ1n) is 6.49. The molecule has 2 aromatic carbocycles. The molecule has 0 aliphatic carbocycles. The molecule has 0 spiro atoms. The van der Waals surface area contributed by atoms with Crippen LogP contribution in [0.5, 0.6) is 0 Å². The number of halogens is 2. The van der Waals surface area contributed by atoms with E-state index >= 15 is 0 Å². The normalized spacial score (nSPS) is 14.0. The number of benzene rings is 2. The average molecular weight is 355 g/mol. The fraction of sp³-hybridized carbons (Fsp3) is 0.250. The molecule has 2 N–H and O–H groups in total. The summed E-state index contributed by atoms with van der Waals surface area (Å²) in [7, 11) is 0. The second kappa shape index (κ2) is 7.23. The summed E-state index contributed by atoms with van der Waals surface area (Å²) in [5, 5.41) is 14.1. The summed E-state index contributed by atoms with van der Waals surface area (Å²) in [6.45, 7) is 2.53. The quantitative estimate of drug-likeness (QED) is 0.829. The van der Waals surface area contributed by atoms with Crippen molar-refractivity contribution in [1.29, 1.82) is 0 Å². The topological polar surface area (TPSA) is 32.3 Å². The van der Waals surface area contributed by atoms with Crippen LogP contribution in [0.1, 0.15) is 30.2 Å². The Morgan fingerprint density at radius 3 is 2.65 bits per heavy atom. The summed E-state index contributed by atoms with van der Waals surface area (Å²) in [6, 6.07) is 15.7. The van der Waals surface area contributed by atoms with Crippen LogP contribution in [0.4, 0.5) is 0 Å². The first-order chi connectivity index (χ1) is 9.58. The third-order valence-corrected chi connectivity index (χ3v) is 4.07. The highest BCUT2D eigenvalue weighted by Crippen LogP contribution is 2.23. The Kier molecular flexibility index (Phi) is 5.61. The largest absolute Gasteiger partial charge is 0.387 e. The van der Waals surface area contributed by atoms with E-state index in [9.17, 15) is 5.11 Å². The van der Waals surface area contributed by atoms with Gasteiger partial charge in [0.25, 0.3) is 0 Å². The molecule has 2 rings (SSSR count). The standard InChI is InChI=1S/C16H17BrClNO/c1-11(12-5-4-6-13(17)9-12)19-10-16(20)14-7-2-3-8-15(14)18/h2-9,11,16,19-20H,10H2,1H3. The molecule has 0 amide bonds. The molecule has 2 aromatic rings. The lowest BCUT2D eigenvalue weighted by Gasteiger charge is -2.18. The van der Waals surface area contributed by atoms with Crippen molar-refractivity contribution in [3.8, 4) is 0 Å². The molecule has 0 radical (unpaired) electrons. The van der Waals surface area contributed by atoms with Gasteiger partial charge < -0.3 is 10.4 Å². The Hall–Kier alpha value is -0.870. The van der Waals surface area contributed by atoms with E-state index < -0.39 is 6.10 Å². The highest BCUT2D eigenvalue weighted by Gasteiger charge is 2.13. The smallest absolute Gasteiger partial charge is 0.0928 e. The van der Waals surface area contributed by atoms with Gasteiger partial charge in [0.1, 0.15) is 0 Å². The van der Waals surface area contributed by atoms with Crippen LogP contribution >= 0.6 is 27.5 Å². The van der Waals surface area contributed by atoms with Gasteiger partial charge in [0, 0.05) is 27.6 Å². The van der Waals surface area contributed by atoms with Crippen LogP contribution in [0.3, 0.4) is 0 Å². The second-order valence-electron chi connectivity index (χ2n) is 4.72. The molecule has 0 bridgehead atoms. The van der Waals surface area contributed by atoms with Crippen molar-refractivity contribution in [3.63, 3.8) is 0 Å². The maximum Gasteiger partial charge on any atom is 0.0928 e. The van der Waals surface area contributed by atoms with E-state index in [1.54, 1.807) is 6.07 Å². The minimum absolute atomic E-state index is 0.157. The van der Waals surface area contributed by atoms with Crippen LogP contribution in [0.15, 0.2) is 53.0 Å². The van der Waals surface area contributed by atoms with Crippen LogP contribution in [0.25, 0.3) is 0 Å². The Labute approximate surface area is 132 Å². The maximum absolute atomic E-state index is 10.2. The maximum atomic E-state index is 10.2. The first-order valence-corrected chi connectivity index (χ1v) is 7.66. The minimum atomic E-state index is -0.613. The molecule has 106 valence electrons. The van der Waals surface area contributed by atoms with Crippen molar-refractivity contribution in [2.24, 2.45) is 0 Å². The molecule has 0 aliphatic heterocycles. The number of aliphatic hydroxyl groups excluding tert-OH is 1. The Morgan fingerprint density at radius 1 is 1.20 bits per heavy atom. The predicted octanol–water partition coefficient (Wildman–Crippen LogP) is 4.49. The Balaban J connectivity index is 1.97. The van der Waals surface area contributed by atoms with Crippen molar-refractivity contribution in [2.45, 2.75) is 19.1 Å². The van der Waals surface area contributed by atoms with E-state index in [1.807, 2.05) is 30.3 Å². The van der Waals surface area contributed by atoms with E-state index in [-0.39, 0.29) is 6.04 Å². The third kappa shape index (κ3) is 4.06. The summed E-state index contributed by atoms with van der Waals surface area (Å²) in [5.74, 6) is 0. The predicted molar refractivity (Wildman–Crippen MR) is 87.0 cm³/mol. The van der Waals surface area contributed by atoms with Gasteiger partial charge in [-0.05, 0) is 30.7 Å². The average Bonchev–Trinajstić information content (AvgIpc) is 2.45. The van der Waals surface area contributed by atoms with Crippen LogP contribution in [0, 0.1) is 0 Å². The van der Waals surface area contributed by atoms with Gasteiger partial charge in [-0.1, -0.05) is 57.9 Å². The molecular formula is C16H17BrClNO. The van der Waals surface area contributed by atoms with Crippen molar-refractivity contribution in [2.75, 3.05) is 6.54 Å². The molecular weight excluding hydrogens is 338 g/mol. The number of nitrogens with one attached hydrogen (secondary N) is 1. The number of rotatable bonds is 5. The van der Waals surface area contributed by atoms with Crippen molar-refractivity contribution in [3.05, 3.63) is 69.2 Å². The zero-order valence-corrected chi connectivity index (χ0v) is 13.5. The zero-order valence-electron chi connectivity index (χ0n) is 11.2. The molecule has 0 saturated carbocycles. The molecule has 0 fully saturated rings. The molecule has 0 saturated heterocycles. The van der Waals surface area contributed by atoms with Crippen LogP contribution in [0.2, 0.25) is 5.02 Å². The van der Waals surface area contributed by atoms with E-state index in [1.165, 1.54) is 5.56 Å². The van der Waals surface area contributed by atoms with Gasteiger partial charge in [0.2, 0.25) is 0 Å². The SMILES string of the molecule is CC(NCC(O)c1ccccc1Cl)c1cccc(Br)c1. The highest BCUT2D eigenvalue weighted by atomic mass is 79.9. The van der Waals surface area contributed by atoms with Gasteiger partial charge in [0.05, 0.1) is 6.10 Å². The lowest BCUT2D eigenvalue weighted by Crippen LogP contribution is -2.24. The molecule has 4 heteroatoms. The summed E-state index contributed by atoms with van der Waals surface area (Å²) in [6.07, 6.45) is -0.613. The number of hydrogen-bond acceptors (Lipinski definition) is 2. The Bertz CT molecular complexity index is 576. The minimum Gasteiger partial charge on any atom is -0.387 e. The molecule has 0 heterocycles. The van der Waals surface area contributed by atoms with Crippen molar-refractivity contribution in [1.82, 2.24) is 5.32 Å². The second-order valence-corrected chi connectivity index (χ2v) is 6.05. The lowest BCUT2D eigenvalue weighted by atomic mass is 10.1. The number of aliphatic hydroxyl groups is 1. The molecule has 2 unspecified atom stereocenters. The van der Waals surface area contributed by atoms with Gasteiger partial charge in [-0.25, -0.2) is 0 Å². The van der Waals surface area contributed by atoms with E-state index in [0.717, 1.165) is 10.0 Å². The monoisotopic (exact) mass is 353 g/mol. The van der Waals surface area contributed by atoms with E-state index in [2.05, 4.69) is 40.3 Å². The van der Waals surface area contributed by atoms with Gasteiger partial charge >= 0.3 is 0 Å². The molecule has 2 nitrogen and oxygen atoms in total. The molecule has 2 atom stereocenters. The van der Waals surface area contributed by atoms with Gasteiger partial charge in [0.15, 0.2) is 0 Å². The molecule has 0 aromatic heterocycles. The molecule has 0 aliphatic rings. The fourth-order valence-electron chi connectivity index (χ4n) is 2.04. The van der Waals surface area contributed by atoms with Gasteiger partial charge in [-0.15, -0.1) is 0 Å². The third-order valence-electron chi connectivity index (χ3n) is 3.23. The van der Waals surface area contributed by atoms with Crippen LogP contribution in [-0.4, -0.2) is 11.7 Å². The van der Waals surface area contributed by atoms with Gasteiger partial charge in [-0.3, -0.25) is 0 Å². The first kappa shape index (κ1) is 15.5.